The average molecular weight is 314 g/mol. The highest BCUT2D eigenvalue weighted by Gasteiger charge is 2.25. The Labute approximate surface area is 125 Å². The molecular weight excluding hydrogens is 292 g/mol. The molecule has 2 rings (SSSR count). The Morgan fingerprint density at radius 3 is 2.62 bits per heavy atom. The number of carbonyl (C=O) groups is 1. The van der Waals surface area contributed by atoms with Crippen molar-refractivity contribution in [3.63, 3.8) is 0 Å². The van der Waals surface area contributed by atoms with Crippen LogP contribution < -0.4 is 0 Å². The fraction of sp³-hybridized carbons (Fsp3) is 0.714. The number of aromatic carboxylic acids is 1. The van der Waals surface area contributed by atoms with Crippen molar-refractivity contribution in [2.24, 2.45) is 0 Å². The highest BCUT2D eigenvalue weighted by molar-refractivity contribution is 7.91. The first kappa shape index (κ1) is 16.0. The summed E-state index contributed by atoms with van der Waals surface area (Å²) in [5.41, 5.74) is 0.840. The number of carboxylic acid groups (broad SMARTS) is 1. The molecule has 1 aliphatic carbocycles. The molecule has 0 saturated heterocycles. The second-order valence-corrected chi connectivity index (χ2v) is 8.04. The molecule has 0 aromatic carbocycles. The maximum atomic E-state index is 11.5. The van der Waals surface area contributed by atoms with Crippen LogP contribution in [-0.4, -0.2) is 40.8 Å². The topological polar surface area (TPSA) is 89.3 Å². The third kappa shape index (κ3) is 4.06. The fourth-order valence-electron chi connectivity index (χ4n) is 2.77. The third-order valence-corrected chi connectivity index (χ3v) is 5.77. The number of hydrogen-bond acceptors (Lipinski definition) is 4. The van der Waals surface area contributed by atoms with Crippen molar-refractivity contribution < 1.29 is 18.3 Å². The first-order valence-electron chi connectivity index (χ1n) is 7.44. The Bertz CT molecular complexity index is 600. The molecule has 7 heteroatoms. The van der Waals surface area contributed by atoms with Gasteiger partial charge in [-0.1, -0.05) is 26.2 Å². The maximum absolute atomic E-state index is 11.5. The summed E-state index contributed by atoms with van der Waals surface area (Å²) in [4.78, 5) is 11.4. The molecule has 0 atom stereocenters. The molecule has 1 saturated carbocycles. The Morgan fingerprint density at radius 1 is 1.38 bits per heavy atom. The van der Waals surface area contributed by atoms with E-state index in [-0.39, 0.29) is 29.5 Å². The monoisotopic (exact) mass is 314 g/mol. The van der Waals surface area contributed by atoms with Gasteiger partial charge < -0.3 is 5.11 Å². The molecule has 1 aliphatic rings. The van der Waals surface area contributed by atoms with Crippen LogP contribution in [0.2, 0.25) is 0 Å². The van der Waals surface area contributed by atoms with Crippen molar-refractivity contribution in [1.29, 1.82) is 0 Å². The largest absolute Gasteiger partial charge is 0.478 e. The van der Waals surface area contributed by atoms with E-state index >= 15 is 0 Å². The first-order chi connectivity index (χ1) is 9.93. The third-order valence-electron chi connectivity index (χ3n) is 4.08. The summed E-state index contributed by atoms with van der Waals surface area (Å²) < 4.78 is 24.6. The van der Waals surface area contributed by atoms with Crippen molar-refractivity contribution >= 4 is 15.8 Å². The van der Waals surface area contributed by atoms with Crippen molar-refractivity contribution in [2.75, 3.05) is 11.5 Å². The SMILES string of the molecule is CCS(=O)(=O)CCn1cc(C(=O)O)c(C2CCCCC2)n1. The highest BCUT2D eigenvalue weighted by Crippen LogP contribution is 2.33. The lowest BCUT2D eigenvalue weighted by atomic mass is 9.85. The van der Waals surface area contributed by atoms with Gasteiger partial charge in [-0.05, 0) is 12.8 Å². The molecule has 0 unspecified atom stereocenters. The summed E-state index contributed by atoms with van der Waals surface area (Å²) in [5, 5.41) is 13.7. The molecule has 118 valence electrons. The smallest absolute Gasteiger partial charge is 0.339 e. The second-order valence-electron chi connectivity index (χ2n) is 5.57. The van der Waals surface area contributed by atoms with Crippen LogP contribution in [0.25, 0.3) is 0 Å². The zero-order valence-corrected chi connectivity index (χ0v) is 13.1. The van der Waals surface area contributed by atoms with Crippen LogP contribution in [0.4, 0.5) is 0 Å². The Balaban J connectivity index is 2.18. The van der Waals surface area contributed by atoms with Crippen molar-refractivity contribution in [3.8, 4) is 0 Å². The molecule has 6 nitrogen and oxygen atoms in total. The van der Waals surface area contributed by atoms with Gasteiger partial charge in [-0.3, -0.25) is 4.68 Å². The van der Waals surface area contributed by atoms with Gasteiger partial charge >= 0.3 is 5.97 Å². The van der Waals surface area contributed by atoms with Crippen molar-refractivity contribution in [3.05, 3.63) is 17.5 Å². The summed E-state index contributed by atoms with van der Waals surface area (Å²) in [5.74, 6) is -0.710. The summed E-state index contributed by atoms with van der Waals surface area (Å²) in [6.07, 6.45) is 6.78. The van der Waals surface area contributed by atoms with Gasteiger partial charge in [0.05, 0.1) is 18.0 Å². The molecule has 0 bridgehead atoms. The van der Waals surface area contributed by atoms with E-state index in [1.54, 1.807) is 6.92 Å². The van der Waals surface area contributed by atoms with Crippen molar-refractivity contribution in [1.82, 2.24) is 9.78 Å². The number of rotatable bonds is 6. The fourth-order valence-corrected chi connectivity index (χ4v) is 3.52. The second kappa shape index (κ2) is 6.60. The molecule has 1 N–H and O–H groups in total. The normalized spacial score (nSPS) is 17.0. The van der Waals surface area contributed by atoms with E-state index in [2.05, 4.69) is 5.10 Å². The number of hydrogen-bond donors (Lipinski definition) is 1. The minimum Gasteiger partial charge on any atom is -0.478 e. The lowest BCUT2D eigenvalue weighted by Gasteiger charge is -2.20. The zero-order chi connectivity index (χ0) is 15.5. The molecule has 1 heterocycles. The standard InChI is InChI=1S/C14H22N2O4S/c1-2-21(19,20)9-8-16-10-12(14(17)18)13(15-16)11-6-4-3-5-7-11/h10-11H,2-9H2,1H3,(H,17,18). The molecule has 0 aliphatic heterocycles. The van der Waals surface area contributed by atoms with Gasteiger partial charge in [-0.2, -0.15) is 5.10 Å². The lowest BCUT2D eigenvalue weighted by molar-refractivity contribution is 0.0694. The van der Waals surface area contributed by atoms with E-state index in [4.69, 9.17) is 0 Å². The van der Waals surface area contributed by atoms with Crippen LogP contribution in [0.1, 0.15) is 61.0 Å². The molecule has 0 spiro atoms. The predicted molar refractivity (Wildman–Crippen MR) is 79.3 cm³/mol. The number of sulfone groups is 1. The van der Waals surface area contributed by atoms with Gasteiger partial charge in [-0.15, -0.1) is 0 Å². The van der Waals surface area contributed by atoms with E-state index in [1.807, 2.05) is 0 Å². The zero-order valence-electron chi connectivity index (χ0n) is 12.3. The molecular formula is C14H22N2O4S. The molecule has 0 amide bonds. The molecule has 21 heavy (non-hydrogen) atoms. The van der Waals surface area contributed by atoms with Gasteiger partial charge in [0.25, 0.3) is 0 Å². The van der Waals surface area contributed by atoms with Crippen LogP contribution in [0.3, 0.4) is 0 Å². The average Bonchev–Trinajstić information content (AvgIpc) is 2.91. The predicted octanol–water partition coefficient (Wildman–Crippen LogP) is 2.06. The summed E-state index contributed by atoms with van der Waals surface area (Å²) >= 11 is 0. The highest BCUT2D eigenvalue weighted by atomic mass is 32.2. The minimum absolute atomic E-state index is 0.00561. The summed E-state index contributed by atoms with van der Waals surface area (Å²) in [7, 11) is -3.07. The first-order valence-corrected chi connectivity index (χ1v) is 9.26. The quantitative estimate of drug-likeness (QED) is 0.868. The van der Waals surface area contributed by atoms with Gasteiger partial charge in [-0.25, -0.2) is 13.2 Å². The van der Waals surface area contributed by atoms with E-state index in [0.717, 1.165) is 25.7 Å². The molecule has 1 aromatic rings. The minimum atomic E-state index is -3.07. The Hall–Kier alpha value is -1.37. The van der Waals surface area contributed by atoms with Crippen LogP contribution in [0.15, 0.2) is 6.20 Å². The van der Waals surface area contributed by atoms with Gasteiger partial charge in [0.15, 0.2) is 9.84 Å². The van der Waals surface area contributed by atoms with Crippen LogP contribution in [0, 0.1) is 0 Å². The number of nitrogens with zero attached hydrogens (tertiary/aromatic N) is 2. The van der Waals surface area contributed by atoms with Gasteiger partial charge in [0, 0.05) is 17.9 Å². The van der Waals surface area contributed by atoms with Gasteiger partial charge in [0.1, 0.15) is 5.56 Å². The maximum Gasteiger partial charge on any atom is 0.339 e. The van der Waals surface area contributed by atoms with Crippen LogP contribution in [0.5, 0.6) is 0 Å². The molecule has 1 fully saturated rings. The van der Waals surface area contributed by atoms with Crippen molar-refractivity contribution in [2.45, 2.75) is 51.5 Å². The van der Waals surface area contributed by atoms with E-state index in [1.165, 1.54) is 17.3 Å². The summed E-state index contributed by atoms with van der Waals surface area (Å²) in [6.45, 7) is 1.82. The number of aryl methyl sites for hydroxylation is 1. The van der Waals surface area contributed by atoms with Crippen LogP contribution >= 0.6 is 0 Å². The van der Waals surface area contributed by atoms with Gasteiger partial charge in [0.2, 0.25) is 0 Å². The molecule has 0 radical (unpaired) electrons. The number of carboxylic acids is 1. The lowest BCUT2D eigenvalue weighted by Crippen LogP contribution is -2.15. The summed E-state index contributed by atoms with van der Waals surface area (Å²) in [6, 6.07) is 0. The number of aromatic nitrogens is 2. The van der Waals surface area contributed by atoms with Crippen LogP contribution in [-0.2, 0) is 16.4 Å². The Morgan fingerprint density at radius 2 is 2.05 bits per heavy atom. The molecule has 1 aromatic heterocycles. The van der Waals surface area contributed by atoms with E-state index in [0.29, 0.717) is 5.69 Å². The Kier molecular flexibility index (Phi) is 5.03. The van der Waals surface area contributed by atoms with E-state index in [9.17, 15) is 18.3 Å². The van der Waals surface area contributed by atoms with E-state index < -0.39 is 15.8 Å².